The predicted octanol–water partition coefficient (Wildman–Crippen LogP) is 4.40. The average molecular weight is 311 g/mol. The van der Waals surface area contributed by atoms with Gasteiger partial charge in [0.1, 0.15) is 4.88 Å². The maximum absolute atomic E-state index is 12.6. The van der Waals surface area contributed by atoms with Crippen LogP contribution in [0, 0.1) is 0 Å². The molecule has 0 aliphatic heterocycles. The van der Waals surface area contributed by atoms with Crippen LogP contribution in [-0.2, 0) is 0 Å². The Labute approximate surface area is 128 Å². The van der Waals surface area contributed by atoms with Gasteiger partial charge >= 0.3 is 0 Å². The second kappa shape index (κ2) is 6.02. The van der Waals surface area contributed by atoms with Crippen molar-refractivity contribution in [1.82, 2.24) is 4.90 Å². The van der Waals surface area contributed by atoms with E-state index < -0.39 is 0 Å². The number of carbonyl (C=O) groups is 1. The third-order valence-corrected chi connectivity index (χ3v) is 5.18. The minimum Gasteiger partial charge on any atom is -0.397 e. The van der Waals surface area contributed by atoms with Gasteiger partial charge in [-0.25, -0.2) is 0 Å². The highest BCUT2D eigenvalue weighted by Crippen LogP contribution is 2.38. The molecule has 0 saturated carbocycles. The van der Waals surface area contributed by atoms with E-state index in [2.05, 4.69) is 13.8 Å². The number of benzene rings is 1. The molecule has 2 N–H and O–H groups in total. The van der Waals surface area contributed by atoms with Gasteiger partial charge in [0, 0.05) is 23.2 Å². The highest BCUT2D eigenvalue weighted by Gasteiger charge is 2.24. The van der Waals surface area contributed by atoms with Gasteiger partial charge in [0.15, 0.2) is 0 Å². The molecule has 108 valence electrons. The summed E-state index contributed by atoms with van der Waals surface area (Å²) in [4.78, 5) is 15.0. The lowest BCUT2D eigenvalue weighted by Crippen LogP contribution is -2.36. The molecule has 0 aliphatic carbocycles. The summed E-state index contributed by atoms with van der Waals surface area (Å²) in [5.41, 5.74) is 6.64. The first kappa shape index (κ1) is 15.1. The molecule has 0 saturated heterocycles. The SMILES string of the molecule is CCC(CC)N(C)C(=O)c1sc2cccc(Cl)c2c1N. The first-order chi connectivity index (χ1) is 9.51. The summed E-state index contributed by atoms with van der Waals surface area (Å²) in [7, 11) is 1.84. The molecule has 0 radical (unpaired) electrons. The molecular weight excluding hydrogens is 292 g/mol. The van der Waals surface area contributed by atoms with Crippen LogP contribution in [0.4, 0.5) is 5.69 Å². The van der Waals surface area contributed by atoms with Crippen LogP contribution in [-0.4, -0.2) is 23.9 Å². The standard InChI is InChI=1S/C15H19ClN2OS/c1-4-9(5-2)18(3)15(19)14-13(17)12-10(16)7-6-8-11(12)20-14/h6-9H,4-5,17H2,1-3H3. The number of halogens is 1. The Balaban J connectivity index is 2.45. The van der Waals surface area contributed by atoms with Crippen molar-refractivity contribution in [3.8, 4) is 0 Å². The highest BCUT2D eigenvalue weighted by atomic mass is 35.5. The number of carbonyl (C=O) groups excluding carboxylic acids is 1. The molecule has 0 bridgehead atoms. The summed E-state index contributed by atoms with van der Waals surface area (Å²) in [5, 5.41) is 1.39. The molecule has 0 aliphatic rings. The molecule has 3 nitrogen and oxygen atoms in total. The Morgan fingerprint density at radius 1 is 1.40 bits per heavy atom. The van der Waals surface area contributed by atoms with E-state index in [1.807, 2.05) is 19.2 Å². The van der Waals surface area contributed by atoms with Gasteiger partial charge in [0.05, 0.1) is 10.7 Å². The van der Waals surface area contributed by atoms with Crippen LogP contribution in [0.5, 0.6) is 0 Å². The zero-order valence-corrected chi connectivity index (χ0v) is 13.5. The molecule has 20 heavy (non-hydrogen) atoms. The second-order valence-corrected chi connectivity index (χ2v) is 6.30. The Kier molecular flexibility index (Phi) is 4.55. The molecule has 5 heteroatoms. The van der Waals surface area contributed by atoms with Gasteiger partial charge in [0.2, 0.25) is 0 Å². The van der Waals surface area contributed by atoms with Gasteiger partial charge in [-0.3, -0.25) is 4.79 Å². The largest absolute Gasteiger partial charge is 0.397 e. The molecule has 1 heterocycles. The Morgan fingerprint density at radius 2 is 2.05 bits per heavy atom. The minimum atomic E-state index is -0.0199. The Morgan fingerprint density at radius 3 is 2.60 bits per heavy atom. The molecule has 1 aromatic carbocycles. The molecule has 2 aromatic rings. The fourth-order valence-corrected chi connectivity index (χ4v) is 3.91. The molecule has 0 spiro atoms. The predicted molar refractivity (Wildman–Crippen MR) is 87.7 cm³/mol. The molecule has 0 unspecified atom stereocenters. The zero-order chi connectivity index (χ0) is 14.9. The number of fused-ring (bicyclic) bond motifs is 1. The first-order valence-electron chi connectivity index (χ1n) is 6.74. The third-order valence-electron chi connectivity index (χ3n) is 3.71. The van der Waals surface area contributed by atoms with E-state index in [0.29, 0.717) is 15.6 Å². The number of hydrogen-bond donors (Lipinski definition) is 1. The first-order valence-corrected chi connectivity index (χ1v) is 7.94. The van der Waals surface area contributed by atoms with Crippen molar-refractivity contribution in [3.63, 3.8) is 0 Å². The highest BCUT2D eigenvalue weighted by molar-refractivity contribution is 7.21. The number of nitrogen functional groups attached to an aromatic ring is 1. The number of thiophene rings is 1. The lowest BCUT2D eigenvalue weighted by atomic mass is 10.1. The van der Waals surface area contributed by atoms with Crippen molar-refractivity contribution in [2.24, 2.45) is 0 Å². The minimum absolute atomic E-state index is 0.0199. The van der Waals surface area contributed by atoms with Crippen LogP contribution < -0.4 is 5.73 Å². The molecule has 2 rings (SSSR count). The molecule has 1 aromatic heterocycles. The molecule has 0 fully saturated rings. The quantitative estimate of drug-likeness (QED) is 0.910. The number of rotatable bonds is 4. The van der Waals surface area contributed by atoms with Crippen LogP contribution in [0.15, 0.2) is 18.2 Å². The van der Waals surface area contributed by atoms with E-state index in [9.17, 15) is 4.79 Å². The van der Waals surface area contributed by atoms with Crippen LogP contribution in [0.25, 0.3) is 10.1 Å². The number of anilines is 1. The normalized spacial score (nSPS) is 11.2. The average Bonchev–Trinajstić information content (AvgIpc) is 2.78. The maximum Gasteiger partial charge on any atom is 0.266 e. The van der Waals surface area contributed by atoms with Crippen molar-refractivity contribution in [1.29, 1.82) is 0 Å². The van der Waals surface area contributed by atoms with E-state index in [0.717, 1.165) is 22.9 Å². The summed E-state index contributed by atoms with van der Waals surface area (Å²) in [6.07, 6.45) is 1.87. The summed E-state index contributed by atoms with van der Waals surface area (Å²) < 4.78 is 0.955. The third kappa shape index (κ3) is 2.50. The van der Waals surface area contributed by atoms with E-state index in [4.69, 9.17) is 17.3 Å². The zero-order valence-electron chi connectivity index (χ0n) is 11.9. The maximum atomic E-state index is 12.6. The molecule has 0 atom stereocenters. The fourth-order valence-electron chi connectivity index (χ4n) is 2.45. The van der Waals surface area contributed by atoms with Crippen LogP contribution in [0.1, 0.15) is 36.4 Å². The van der Waals surface area contributed by atoms with Crippen molar-refractivity contribution in [2.75, 3.05) is 12.8 Å². The number of hydrogen-bond acceptors (Lipinski definition) is 3. The van der Waals surface area contributed by atoms with Crippen molar-refractivity contribution < 1.29 is 4.79 Å². The summed E-state index contributed by atoms with van der Waals surface area (Å²) in [6.45, 7) is 4.17. The second-order valence-electron chi connectivity index (χ2n) is 4.84. The lowest BCUT2D eigenvalue weighted by molar-refractivity contribution is 0.0729. The number of nitrogens with two attached hydrogens (primary N) is 1. The molecular formula is C15H19ClN2OS. The van der Waals surface area contributed by atoms with Gasteiger partial charge in [0.25, 0.3) is 5.91 Å². The van der Waals surface area contributed by atoms with Gasteiger partial charge in [-0.2, -0.15) is 0 Å². The van der Waals surface area contributed by atoms with E-state index in [-0.39, 0.29) is 11.9 Å². The lowest BCUT2D eigenvalue weighted by Gasteiger charge is -2.25. The Bertz CT molecular complexity index is 634. The van der Waals surface area contributed by atoms with E-state index >= 15 is 0 Å². The summed E-state index contributed by atoms with van der Waals surface area (Å²) in [5.74, 6) is -0.0199. The van der Waals surface area contributed by atoms with Crippen molar-refractivity contribution in [2.45, 2.75) is 32.7 Å². The topological polar surface area (TPSA) is 46.3 Å². The summed E-state index contributed by atoms with van der Waals surface area (Å²) >= 11 is 7.59. The Hall–Kier alpha value is -1.26. The number of amides is 1. The smallest absolute Gasteiger partial charge is 0.266 e. The van der Waals surface area contributed by atoms with Crippen molar-refractivity contribution in [3.05, 3.63) is 28.1 Å². The van der Waals surface area contributed by atoms with Gasteiger partial charge in [-0.15, -0.1) is 11.3 Å². The fraction of sp³-hybridized carbons (Fsp3) is 0.400. The van der Waals surface area contributed by atoms with Gasteiger partial charge in [-0.05, 0) is 25.0 Å². The van der Waals surface area contributed by atoms with Crippen molar-refractivity contribution >= 4 is 44.6 Å². The molecule has 1 amide bonds. The van der Waals surface area contributed by atoms with E-state index in [1.165, 1.54) is 11.3 Å². The monoisotopic (exact) mass is 310 g/mol. The van der Waals surface area contributed by atoms with Gasteiger partial charge in [-0.1, -0.05) is 31.5 Å². The van der Waals surface area contributed by atoms with Crippen LogP contribution in [0.2, 0.25) is 5.02 Å². The van der Waals surface area contributed by atoms with E-state index in [1.54, 1.807) is 11.0 Å². The number of nitrogens with zero attached hydrogens (tertiary/aromatic N) is 1. The van der Waals surface area contributed by atoms with Crippen LogP contribution >= 0.6 is 22.9 Å². The summed E-state index contributed by atoms with van der Waals surface area (Å²) in [6, 6.07) is 5.85. The van der Waals surface area contributed by atoms with Crippen LogP contribution in [0.3, 0.4) is 0 Å². The van der Waals surface area contributed by atoms with Gasteiger partial charge < -0.3 is 10.6 Å².